The predicted octanol–water partition coefficient (Wildman–Crippen LogP) is 2.68. The number of nitrogens with zero attached hydrogens (tertiary/aromatic N) is 1. The van der Waals surface area contributed by atoms with Crippen LogP contribution in [0.2, 0.25) is 0 Å². The van der Waals surface area contributed by atoms with E-state index >= 15 is 0 Å². The van der Waals surface area contributed by atoms with Crippen molar-refractivity contribution in [2.24, 2.45) is 0 Å². The molecule has 1 rings (SSSR count). The van der Waals surface area contributed by atoms with Crippen molar-refractivity contribution in [1.82, 2.24) is 4.90 Å². The largest absolute Gasteiger partial charge is 0.399 e. The summed E-state index contributed by atoms with van der Waals surface area (Å²) in [6.45, 7) is -0.385. The fourth-order valence-corrected chi connectivity index (χ4v) is 1.18. The van der Waals surface area contributed by atoms with Gasteiger partial charge in [0.1, 0.15) is 0 Å². The third-order valence-electron chi connectivity index (χ3n) is 2.24. The zero-order valence-corrected chi connectivity index (χ0v) is 9.79. The van der Waals surface area contributed by atoms with Gasteiger partial charge in [0, 0.05) is 25.0 Å². The topological polar surface area (TPSA) is 58.4 Å². The minimum Gasteiger partial charge on any atom is -0.399 e. The molecule has 0 aliphatic heterocycles. The first-order valence-corrected chi connectivity index (χ1v) is 5.22. The second-order valence-electron chi connectivity index (χ2n) is 3.84. The lowest BCUT2D eigenvalue weighted by molar-refractivity contribution is -0.135. The van der Waals surface area contributed by atoms with Crippen LogP contribution in [0.25, 0.3) is 0 Å². The van der Waals surface area contributed by atoms with Gasteiger partial charge in [-0.05, 0) is 24.3 Å². The molecule has 1 aromatic carbocycles. The summed E-state index contributed by atoms with van der Waals surface area (Å²) in [5.74, 6) is 0. The van der Waals surface area contributed by atoms with Crippen LogP contribution in [0, 0.1) is 0 Å². The highest BCUT2D eigenvalue weighted by Crippen LogP contribution is 2.19. The molecule has 0 saturated heterocycles. The normalized spacial score (nSPS) is 11.1. The predicted molar refractivity (Wildman–Crippen MR) is 63.2 cm³/mol. The second kappa shape index (κ2) is 5.61. The van der Waals surface area contributed by atoms with E-state index in [2.05, 4.69) is 5.32 Å². The van der Waals surface area contributed by atoms with Gasteiger partial charge in [-0.1, -0.05) is 0 Å². The average Bonchev–Trinajstić information content (AvgIpc) is 2.28. The maximum atomic E-state index is 12.0. The number of hydrogen-bond acceptors (Lipinski definition) is 2. The standard InChI is InChI=1S/C11H14F3N3O/c1-17(7-6-11(12,13)14)10(18)16-9-4-2-8(15)3-5-9/h2-5H,6-7,15H2,1H3,(H,16,18). The highest BCUT2D eigenvalue weighted by atomic mass is 19.4. The van der Waals surface area contributed by atoms with Crippen molar-refractivity contribution in [3.63, 3.8) is 0 Å². The van der Waals surface area contributed by atoms with Crippen molar-refractivity contribution in [3.05, 3.63) is 24.3 Å². The molecular weight excluding hydrogens is 247 g/mol. The zero-order valence-electron chi connectivity index (χ0n) is 9.79. The summed E-state index contributed by atoms with van der Waals surface area (Å²) >= 11 is 0. The number of halogens is 3. The molecule has 0 aromatic heterocycles. The number of anilines is 2. The number of rotatable bonds is 3. The molecule has 3 N–H and O–H groups in total. The number of nitrogens with one attached hydrogen (secondary N) is 1. The molecule has 0 heterocycles. The highest BCUT2D eigenvalue weighted by molar-refractivity contribution is 5.89. The lowest BCUT2D eigenvalue weighted by Gasteiger charge is -2.18. The Balaban J connectivity index is 2.47. The van der Waals surface area contributed by atoms with Crippen molar-refractivity contribution in [2.45, 2.75) is 12.6 Å². The first kappa shape index (κ1) is 14.1. The molecule has 2 amide bonds. The minimum atomic E-state index is -4.27. The third-order valence-corrected chi connectivity index (χ3v) is 2.24. The van der Waals surface area contributed by atoms with Gasteiger partial charge in [-0.25, -0.2) is 4.79 Å². The number of urea groups is 1. The maximum absolute atomic E-state index is 12.0. The van der Waals surface area contributed by atoms with Crippen LogP contribution in [0.4, 0.5) is 29.3 Å². The molecule has 0 unspecified atom stereocenters. The Kier molecular flexibility index (Phi) is 4.41. The third kappa shape index (κ3) is 4.94. The van der Waals surface area contributed by atoms with Gasteiger partial charge in [0.15, 0.2) is 0 Å². The number of alkyl halides is 3. The summed E-state index contributed by atoms with van der Waals surface area (Å²) in [5, 5.41) is 2.47. The first-order chi connectivity index (χ1) is 8.28. The Morgan fingerprint density at radius 3 is 2.39 bits per heavy atom. The summed E-state index contributed by atoms with van der Waals surface area (Å²) < 4.78 is 35.9. The summed E-state index contributed by atoms with van der Waals surface area (Å²) in [6, 6.07) is 5.73. The molecule has 100 valence electrons. The van der Waals surface area contributed by atoms with E-state index in [0.717, 1.165) is 4.90 Å². The van der Waals surface area contributed by atoms with E-state index in [9.17, 15) is 18.0 Å². The van der Waals surface area contributed by atoms with Gasteiger partial charge < -0.3 is 16.0 Å². The van der Waals surface area contributed by atoms with Gasteiger partial charge in [0.05, 0.1) is 6.42 Å². The smallest absolute Gasteiger partial charge is 0.390 e. The minimum absolute atomic E-state index is 0.385. The molecule has 0 saturated carbocycles. The van der Waals surface area contributed by atoms with Crippen molar-refractivity contribution >= 4 is 17.4 Å². The van der Waals surface area contributed by atoms with Gasteiger partial charge in [-0.3, -0.25) is 0 Å². The quantitative estimate of drug-likeness (QED) is 0.822. The Hall–Kier alpha value is -1.92. The number of amides is 2. The molecule has 0 aliphatic carbocycles. The fraction of sp³-hybridized carbons (Fsp3) is 0.364. The number of nitrogens with two attached hydrogens (primary N) is 1. The van der Waals surface area contributed by atoms with Crippen LogP contribution < -0.4 is 11.1 Å². The number of hydrogen-bond donors (Lipinski definition) is 2. The summed E-state index contributed by atoms with van der Waals surface area (Å²) in [4.78, 5) is 12.5. The van der Waals surface area contributed by atoms with Crippen LogP contribution >= 0.6 is 0 Å². The average molecular weight is 261 g/mol. The molecule has 18 heavy (non-hydrogen) atoms. The van der Waals surface area contributed by atoms with Gasteiger partial charge in [0.25, 0.3) is 0 Å². The molecule has 0 spiro atoms. The van der Waals surface area contributed by atoms with Crippen LogP contribution in [0.1, 0.15) is 6.42 Å². The molecule has 7 heteroatoms. The Morgan fingerprint density at radius 2 is 1.89 bits per heavy atom. The summed E-state index contributed by atoms with van der Waals surface area (Å²) in [6.07, 6.45) is -5.30. The van der Waals surface area contributed by atoms with E-state index in [1.165, 1.54) is 7.05 Å². The second-order valence-corrected chi connectivity index (χ2v) is 3.84. The molecule has 0 fully saturated rings. The van der Waals surface area contributed by atoms with Crippen LogP contribution in [0.5, 0.6) is 0 Å². The number of carbonyl (C=O) groups excluding carboxylic acids is 1. The van der Waals surface area contributed by atoms with E-state index in [1.54, 1.807) is 24.3 Å². The van der Waals surface area contributed by atoms with Crippen LogP contribution in [-0.2, 0) is 0 Å². The van der Waals surface area contributed by atoms with Gasteiger partial charge in [-0.15, -0.1) is 0 Å². The zero-order chi connectivity index (χ0) is 13.8. The number of carbonyl (C=O) groups is 1. The summed E-state index contributed by atoms with van der Waals surface area (Å²) in [7, 11) is 1.30. The van der Waals surface area contributed by atoms with E-state index in [0.29, 0.717) is 11.4 Å². The van der Waals surface area contributed by atoms with Crippen LogP contribution in [0.15, 0.2) is 24.3 Å². The first-order valence-electron chi connectivity index (χ1n) is 5.22. The van der Waals surface area contributed by atoms with E-state index < -0.39 is 18.6 Å². The maximum Gasteiger partial charge on any atom is 0.390 e. The number of benzene rings is 1. The molecular formula is C11H14F3N3O. The molecule has 0 atom stereocenters. The van der Waals surface area contributed by atoms with Crippen molar-refractivity contribution < 1.29 is 18.0 Å². The van der Waals surface area contributed by atoms with Crippen molar-refractivity contribution in [1.29, 1.82) is 0 Å². The van der Waals surface area contributed by atoms with Crippen molar-refractivity contribution in [2.75, 3.05) is 24.6 Å². The monoisotopic (exact) mass is 261 g/mol. The van der Waals surface area contributed by atoms with Gasteiger partial charge >= 0.3 is 12.2 Å². The van der Waals surface area contributed by atoms with Crippen molar-refractivity contribution in [3.8, 4) is 0 Å². The fourth-order valence-electron chi connectivity index (χ4n) is 1.18. The SMILES string of the molecule is CN(CCC(F)(F)F)C(=O)Nc1ccc(N)cc1. The lowest BCUT2D eigenvalue weighted by Crippen LogP contribution is -2.34. The van der Waals surface area contributed by atoms with Crippen LogP contribution in [-0.4, -0.2) is 30.7 Å². The molecule has 0 aliphatic rings. The van der Waals surface area contributed by atoms with Gasteiger partial charge in [0.2, 0.25) is 0 Å². The lowest BCUT2D eigenvalue weighted by atomic mass is 10.3. The van der Waals surface area contributed by atoms with E-state index in [4.69, 9.17) is 5.73 Å². The van der Waals surface area contributed by atoms with E-state index in [-0.39, 0.29) is 6.54 Å². The van der Waals surface area contributed by atoms with Gasteiger partial charge in [-0.2, -0.15) is 13.2 Å². The molecule has 1 aromatic rings. The number of nitrogen functional groups attached to an aromatic ring is 1. The highest BCUT2D eigenvalue weighted by Gasteiger charge is 2.28. The van der Waals surface area contributed by atoms with E-state index in [1.807, 2.05) is 0 Å². The Bertz CT molecular complexity index is 403. The Labute approximate surface area is 103 Å². The molecule has 0 bridgehead atoms. The van der Waals surface area contributed by atoms with Crippen LogP contribution in [0.3, 0.4) is 0 Å². The Morgan fingerprint density at radius 1 is 1.33 bits per heavy atom. The molecule has 4 nitrogen and oxygen atoms in total. The summed E-state index contributed by atoms with van der Waals surface area (Å²) in [5.41, 5.74) is 6.48. The molecule has 0 radical (unpaired) electrons.